The van der Waals surface area contributed by atoms with Gasteiger partial charge in [0, 0.05) is 10.0 Å². The Bertz CT molecular complexity index is 540. The molecule has 1 N–H and O–H groups in total. The number of aromatic nitrogens is 1. The monoisotopic (exact) mass is 324 g/mol. The van der Waals surface area contributed by atoms with E-state index in [-0.39, 0.29) is 0 Å². The molecule has 0 aliphatic heterocycles. The van der Waals surface area contributed by atoms with Gasteiger partial charge in [0.05, 0.1) is 19.9 Å². The number of nitrogens with zero attached hydrogens (tertiary/aromatic N) is 1. The lowest BCUT2D eigenvalue weighted by Crippen LogP contribution is -2.13. The lowest BCUT2D eigenvalue weighted by atomic mass is 10.2. The van der Waals surface area contributed by atoms with Crippen molar-refractivity contribution < 1.29 is 9.15 Å². The zero-order valence-corrected chi connectivity index (χ0v) is 12.7. The summed E-state index contributed by atoms with van der Waals surface area (Å²) in [6.45, 7) is 3.73. The molecule has 19 heavy (non-hydrogen) atoms. The van der Waals surface area contributed by atoms with Gasteiger partial charge in [0.2, 0.25) is 5.89 Å². The van der Waals surface area contributed by atoms with Crippen molar-refractivity contribution in [2.45, 2.75) is 19.9 Å². The van der Waals surface area contributed by atoms with Crippen LogP contribution < -0.4 is 10.1 Å². The molecule has 0 saturated carbocycles. The largest absolute Gasteiger partial charge is 0.497 e. The summed E-state index contributed by atoms with van der Waals surface area (Å²) in [5.41, 5.74) is 0.939. The average Bonchev–Trinajstić information content (AvgIpc) is 2.88. The molecule has 1 aromatic heterocycles. The summed E-state index contributed by atoms with van der Waals surface area (Å²) in [6, 6.07) is 5.76. The Balaban J connectivity index is 2.17. The van der Waals surface area contributed by atoms with Gasteiger partial charge in [-0.05, 0) is 31.2 Å². The molecular formula is C14H17BrN2O2. The quantitative estimate of drug-likeness (QED) is 0.824. The number of oxazole rings is 1. The minimum absolute atomic E-state index is 0.648. The predicted molar refractivity (Wildman–Crippen MR) is 78.2 cm³/mol. The normalized spacial score (nSPS) is 10.7. The van der Waals surface area contributed by atoms with E-state index in [9.17, 15) is 0 Å². The van der Waals surface area contributed by atoms with Crippen LogP contribution in [0, 0.1) is 0 Å². The van der Waals surface area contributed by atoms with E-state index in [0.717, 1.165) is 34.5 Å². The van der Waals surface area contributed by atoms with Crippen molar-refractivity contribution in [1.29, 1.82) is 0 Å². The van der Waals surface area contributed by atoms with E-state index in [1.54, 1.807) is 13.3 Å². The number of rotatable bonds is 6. The summed E-state index contributed by atoms with van der Waals surface area (Å²) in [4.78, 5) is 4.27. The van der Waals surface area contributed by atoms with E-state index >= 15 is 0 Å². The third-order valence-corrected chi connectivity index (χ3v) is 3.39. The fourth-order valence-corrected chi connectivity index (χ4v) is 2.15. The summed E-state index contributed by atoms with van der Waals surface area (Å²) < 4.78 is 11.9. The van der Waals surface area contributed by atoms with Crippen LogP contribution in [0.4, 0.5) is 0 Å². The number of benzene rings is 1. The Kier molecular flexibility index (Phi) is 4.99. The topological polar surface area (TPSA) is 47.3 Å². The highest BCUT2D eigenvalue weighted by Crippen LogP contribution is 2.32. The molecular weight excluding hydrogens is 308 g/mol. The Labute approximate surface area is 121 Å². The molecule has 0 fully saturated rings. The third kappa shape index (κ3) is 3.58. The molecule has 0 spiro atoms. The van der Waals surface area contributed by atoms with Crippen LogP contribution in [0.3, 0.4) is 0 Å². The van der Waals surface area contributed by atoms with Gasteiger partial charge in [-0.15, -0.1) is 0 Å². The summed E-state index contributed by atoms with van der Waals surface area (Å²) in [7, 11) is 1.65. The second-order valence-corrected chi connectivity index (χ2v) is 5.00. The first kappa shape index (κ1) is 14.1. The second kappa shape index (κ2) is 6.73. The zero-order chi connectivity index (χ0) is 13.7. The maximum absolute atomic E-state index is 5.74. The minimum atomic E-state index is 0.648. The van der Waals surface area contributed by atoms with Crippen LogP contribution in [0.25, 0.3) is 11.3 Å². The Morgan fingerprint density at radius 1 is 1.42 bits per heavy atom. The summed E-state index contributed by atoms with van der Waals surface area (Å²) >= 11 is 3.51. The van der Waals surface area contributed by atoms with Crippen molar-refractivity contribution in [3.05, 3.63) is 34.8 Å². The second-order valence-electron chi connectivity index (χ2n) is 4.14. The van der Waals surface area contributed by atoms with Gasteiger partial charge in [0.25, 0.3) is 0 Å². The lowest BCUT2D eigenvalue weighted by Gasteiger charge is -2.04. The molecule has 1 aromatic carbocycles. The number of hydrogen-bond acceptors (Lipinski definition) is 4. The first-order valence-corrected chi connectivity index (χ1v) is 7.03. The van der Waals surface area contributed by atoms with E-state index in [4.69, 9.17) is 9.15 Å². The zero-order valence-electron chi connectivity index (χ0n) is 11.1. The highest BCUT2D eigenvalue weighted by molar-refractivity contribution is 9.10. The highest BCUT2D eigenvalue weighted by Gasteiger charge is 2.10. The molecule has 0 radical (unpaired) electrons. The predicted octanol–water partition coefficient (Wildman–Crippen LogP) is 3.61. The van der Waals surface area contributed by atoms with Gasteiger partial charge < -0.3 is 14.5 Å². The molecule has 102 valence electrons. The molecule has 0 amide bonds. The lowest BCUT2D eigenvalue weighted by molar-refractivity contribution is 0.414. The SMILES string of the molecule is CCCNCc1ncc(-c2cc(OC)ccc2Br)o1. The number of nitrogens with one attached hydrogen (secondary N) is 1. The Hall–Kier alpha value is -1.33. The summed E-state index contributed by atoms with van der Waals surface area (Å²) in [6.07, 6.45) is 2.83. The maximum Gasteiger partial charge on any atom is 0.208 e. The van der Waals surface area contributed by atoms with Crippen LogP contribution in [-0.4, -0.2) is 18.6 Å². The van der Waals surface area contributed by atoms with E-state index in [1.807, 2.05) is 18.2 Å². The molecule has 0 aliphatic carbocycles. The van der Waals surface area contributed by atoms with E-state index < -0.39 is 0 Å². The van der Waals surface area contributed by atoms with Crippen LogP contribution in [0.5, 0.6) is 5.75 Å². The molecule has 2 aromatic rings. The van der Waals surface area contributed by atoms with Crippen molar-refractivity contribution in [3.8, 4) is 17.1 Å². The molecule has 0 unspecified atom stereocenters. The molecule has 0 atom stereocenters. The molecule has 0 aliphatic rings. The number of halogens is 1. The van der Waals surface area contributed by atoms with E-state index in [1.165, 1.54) is 0 Å². The van der Waals surface area contributed by atoms with Gasteiger partial charge in [0.1, 0.15) is 5.75 Å². The number of methoxy groups -OCH3 is 1. The van der Waals surface area contributed by atoms with Gasteiger partial charge >= 0.3 is 0 Å². The average molecular weight is 325 g/mol. The summed E-state index contributed by atoms with van der Waals surface area (Å²) in [5, 5.41) is 3.26. The van der Waals surface area contributed by atoms with Gasteiger partial charge in [-0.1, -0.05) is 22.9 Å². The molecule has 1 heterocycles. The first-order valence-electron chi connectivity index (χ1n) is 6.24. The minimum Gasteiger partial charge on any atom is -0.497 e. The van der Waals surface area contributed by atoms with Gasteiger partial charge in [-0.3, -0.25) is 0 Å². The Morgan fingerprint density at radius 2 is 2.26 bits per heavy atom. The van der Waals surface area contributed by atoms with Crippen LogP contribution in [0.2, 0.25) is 0 Å². The van der Waals surface area contributed by atoms with Crippen LogP contribution >= 0.6 is 15.9 Å². The standard InChI is InChI=1S/C14H17BrN2O2/c1-3-6-16-9-14-17-8-13(19-14)11-7-10(18-2)4-5-12(11)15/h4-5,7-8,16H,3,6,9H2,1-2H3. The Morgan fingerprint density at radius 3 is 3.00 bits per heavy atom. The van der Waals surface area contributed by atoms with Crippen LogP contribution in [-0.2, 0) is 6.54 Å². The van der Waals surface area contributed by atoms with Crippen molar-refractivity contribution in [2.24, 2.45) is 0 Å². The van der Waals surface area contributed by atoms with Crippen molar-refractivity contribution in [2.75, 3.05) is 13.7 Å². The van der Waals surface area contributed by atoms with Gasteiger partial charge in [-0.25, -0.2) is 4.98 Å². The number of ether oxygens (including phenoxy) is 1. The molecule has 0 bridgehead atoms. The van der Waals surface area contributed by atoms with Crippen LogP contribution in [0.1, 0.15) is 19.2 Å². The molecule has 0 saturated heterocycles. The van der Waals surface area contributed by atoms with Gasteiger partial charge in [-0.2, -0.15) is 0 Å². The van der Waals surface area contributed by atoms with Crippen LogP contribution in [0.15, 0.2) is 33.3 Å². The maximum atomic E-state index is 5.74. The van der Waals surface area contributed by atoms with Crippen molar-refractivity contribution in [1.82, 2.24) is 10.3 Å². The van der Waals surface area contributed by atoms with E-state index in [2.05, 4.69) is 33.2 Å². The smallest absolute Gasteiger partial charge is 0.208 e. The molecule has 5 heteroatoms. The van der Waals surface area contributed by atoms with E-state index in [0.29, 0.717) is 12.4 Å². The fraction of sp³-hybridized carbons (Fsp3) is 0.357. The summed E-state index contributed by atoms with van der Waals surface area (Å²) in [5.74, 6) is 2.22. The molecule has 2 rings (SSSR count). The fourth-order valence-electron chi connectivity index (χ4n) is 1.71. The third-order valence-electron chi connectivity index (χ3n) is 2.70. The van der Waals surface area contributed by atoms with Crippen molar-refractivity contribution in [3.63, 3.8) is 0 Å². The highest BCUT2D eigenvalue weighted by atomic mass is 79.9. The first-order chi connectivity index (χ1) is 9.24. The van der Waals surface area contributed by atoms with Gasteiger partial charge in [0.15, 0.2) is 5.76 Å². The molecule has 4 nitrogen and oxygen atoms in total. The van der Waals surface area contributed by atoms with Crippen molar-refractivity contribution >= 4 is 15.9 Å². The number of hydrogen-bond donors (Lipinski definition) is 1.